The number of carbonyl (C=O) groups excluding carboxylic acids is 1. The molecule has 3 aliphatic rings. The molecule has 1 unspecified atom stereocenters. The van der Waals surface area contributed by atoms with Gasteiger partial charge in [-0.3, -0.25) is 19.8 Å². The Kier molecular flexibility index (Phi) is 9.99. The highest BCUT2D eigenvalue weighted by atomic mass is 35.5. The largest absolute Gasteiger partial charge is 0.496 e. The van der Waals surface area contributed by atoms with Gasteiger partial charge < -0.3 is 24.5 Å². The number of halogens is 3. The van der Waals surface area contributed by atoms with Gasteiger partial charge in [0.1, 0.15) is 28.2 Å². The maximum atomic E-state index is 15.7. The molecular formula is C39H42Cl2FN5O5. The third-order valence-electron chi connectivity index (χ3n) is 10.9. The van der Waals surface area contributed by atoms with Crippen LogP contribution in [0, 0.1) is 5.82 Å². The van der Waals surface area contributed by atoms with Crippen LogP contribution < -0.4 is 20.1 Å². The monoisotopic (exact) mass is 749 g/mol. The van der Waals surface area contributed by atoms with Gasteiger partial charge >= 0.3 is 5.97 Å². The van der Waals surface area contributed by atoms with E-state index in [4.69, 9.17) is 37.7 Å². The highest BCUT2D eigenvalue weighted by molar-refractivity contribution is 6.36. The van der Waals surface area contributed by atoms with Gasteiger partial charge in [-0.05, 0) is 68.7 Å². The first kappa shape index (κ1) is 36.2. The molecule has 2 aliphatic carbocycles. The van der Waals surface area contributed by atoms with Crippen molar-refractivity contribution in [3.63, 3.8) is 0 Å². The molecule has 52 heavy (non-hydrogen) atoms. The van der Waals surface area contributed by atoms with E-state index in [2.05, 4.69) is 29.4 Å². The van der Waals surface area contributed by atoms with E-state index in [0.29, 0.717) is 54.8 Å². The summed E-state index contributed by atoms with van der Waals surface area (Å²) >= 11 is 13.6. The molecule has 2 heterocycles. The number of rotatable bonds is 11. The number of benzene rings is 3. The molecule has 3 aromatic carbocycles. The number of anilines is 1. The zero-order valence-corrected chi connectivity index (χ0v) is 31.1. The van der Waals surface area contributed by atoms with Gasteiger partial charge in [0.25, 0.3) is 5.91 Å². The second-order valence-corrected chi connectivity index (χ2v) is 14.9. The molecule has 1 aromatic heterocycles. The fourth-order valence-electron chi connectivity index (χ4n) is 7.66. The maximum absolute atomic E-state index is 15.7. The van der Waals surface area contributed by atoms with Crippen LogP contribution in [0.2, 0.25) is 10.0 Å². The topological polar surface area (TPSA) is 118 Å². The average Bonchev–Trinajstić information content (AvgIpc) is 3.67. The zero-order valence-electron chi connectivity index (χ0n) is 29.6. The summed E-state index contributed by atoms with van der Waals surface area (Å²) in [5, 5.41) is 15.9. The fraction of sp³-hybridized carbons (Fsp3) is 0.410. The molecule has 0 saturated heterocycles. The number of imidazole rings is 1. The Morgan fingerprint density at radius 2 is 1.85 bits per heavy atom. The number of carbonyl (C=O) groups is 2. The Hall–Kier alpha value is -4.16. The van der Waals surface area contributed by atoms with Crippen molar-refractivity contribution in [1.82, 2.24) is 19.8 Å². The van der Waals surface area contributed by atoms with Crippen molar-refractivity contribution >= 4 is 40.8 Å². The lowest BCUT2D eigenvalue weighted by atomic mass is 9.76. The number of aromatic nitrogens is 2. The van der Waals surface area contributed by atoms with Crippen molar-refractivity contribution in [3.05, 3.63) is 92.2 Å². The first-order chi connectivity index (χ1) is 24.9. The SMILES string of the molecule is COc1cc(OC2CCc3c(-c4cccc(NC(=O)c5nc6c(n5C)CCN(C(C)C)C6)c4Cl)cccc32)c(Cl)c(F)c1CNC1(C(=O)O)CCC1. The quantitative estimate of drug-likeness (QED) is 0.143. The van der Waals surface area contributed by atoms with Gasteiger partial charge in [0.2, 0.25) is 0 Å². The molecule has 1 amide bonds. The van der Waals surface area contributed by atoms with Crippen molar-refractivity contribution < 1.29 is 28.6 Å². The van der Waals surface area contributed by atoms with Gasteiger partial charge in [0.05, 0.1) is 23.5 Å². The normalized spacial score (nSPS) is 17.7. The summed E-state index contributed by atoms with van der Waals surface area (Å²) in [6, 6.07) is 13.4. The lowest BCUT2D eigenvalue weighted by molar-refractivity contribution is -0.148. The third-order valence-corrected chi connectivity index (χ3v) is 11.7. The first-order valence-electron chi connectivity index (χ1n) is 17.6. The van der Waals surface area contributed by atoms with Gasteiger partial charge in [-0.2, -0.15) is 0 Å². The van der Waals surface area contributed by atoms with Crippen molar-refractivity contribution in [1.29, 1.82) is 0 Å². The van der Waals surface area contributed by atoms with E-state index in [9.17, 15) is 14.7 Å². The predicted molar refractivity (Wildman–Crippen MR) is 198 cm³/mol. The van der Waals surface area contributed by atoms with Gasteiger partial charge in [0, 0.05) is 62.0 Å². The standard InChI is InChI=1S/C39H42Cl2FN5O5/c1-21(2)47-17-14-29-28(20-47)44-36(46(29)3)37(48)45-27-11-6-10-25(33(27)40)22-8-5-9-24-23(22)12-13-30(24)52-32-18-31(51-4)26(35(42)34(32)41)19-43-39(38(49)50)15-7-16-39/h5-6,8-11,18,21,30,43H,7,12-17,19-20H2,1-4H3,(H,45,48)(H,49,50). The number of nitrogens with one attached hydrogen (secondary N) is 2. The first-order valence-corrected chi connectivity index (χ1v) is 18.4. The summed E-state index contributed by atoms with van der Waals surface area (Å²) in [5.74, 6) is -1.31. The van der Waals surface area contributed by atoms with Crippen LogP contribution in [-0.2, 0) is 37.8 Å². The number of hydrogen-bond acceptors (Lipinski definition) is 7. The molecule has 0 bridgehead atoms. The second kappa shape index (κ2) is 14.3. The molecule has 1 saturated carbocycles. The van der Waals surface area contributed by atoms with Gasteiger partial charge in [0.15, 0.2) is 11.6 Å². The fourth-order valence-corrected chi connectivity index (χ4v) is 8.14. The van der Waals surface area contributed by atoms with Crippen molar-refractivity contribution in [2.45, 2.75) is 83.1 Å². The van der Waals surface area contributed by atoms with E-state index >= 15 is 4.39 Å². The van der Waals surface area contributed by atoms with E-state index in [0.717, 1.165) is 53.0 Å². The molecule has 274 valence electrons. The Morgan fingerprint density at radius 1 is 1.10 bits per heavy atom. The number of ether oxygens (including phenoxy) is 2. The minimum Gasteiger partial charge on any atom is -0.496 e. The van der Waals surface area contributed by atoms with Crippen molar-refractivity contribution in [2.75, 3.05) is 19.0 Å². The lowest BCUT2D eigenvalue weighted by Gasteiger charge is -2.38. The summed E-state index contributed by atoms with van der Waals surface area (Å²) in [4.78, 5) is 32.5. The number of amides is 1. The molecule has 1 aliphatic heterocycles. The third kappa shape index (κ3) is 6.42. The minimum absolute atomic E-state index is 0.0575. The van der Waals surface area contributed by atoms with E-state index < -0.39 is 23.4 Å². The summed E-state index contributed by atoms with van der Waals surface area (Å²) < 4.78 is 29.5. The van der Waals surface area contributed by atoms with Gasteiger partial charge in [-0.1, -0.05) is 53.5 Å². The van der Waals surface area contributed by atoms with E-state index in [1.807, 2.05) is 41.9 Å². The molecule has 1 atom stereocenters. The van der Waals surface area contributed by atoms with Crippen LogP contribution >= 0.6 is 23.2 Å². The Balaban J connectivity index is 1.11. The molecule has 0 spiro atoms. The van der Waals surface area contributed by atoms with Gasteiger partial charge in [-0.25, -0.2) is 9.37 Å². The zero-order chi connectivity index (χ0) is 36.9. The number of carboxylic acid groups (broad SMARTS) is 1. The van der Waals surface area contributed by atoms with Gasteiger partial charge in [-0.15, -0.1) is 0 Å². The molecule has 13 heteroatoms. The summed E-state index contributed by atoms with van der Waals surface area (Å²) in [6.45, 7) is 5.90. The highest BCUT2D eigenvalue weighted by Crippen LogP contribution is 2.46. The van der Waals surface area contributed by atoms with Crippen LogP contribution in [0.15, 0.2) is 42.5 Å². The second-order valence-electron chi connectivity index (χ2n) is 14.1. The number of aliphatic carboxylic acids is 1. The van der Waals surface area contributed by atoms with Crippen LogP contribution in [0.25, 0.3) is 11.1 Å². The van der Waals surface area contributed by atoms with E-state index in [-0.39, 0.29) is 34.5 Å². The van der Waals surface area contributed by atoms with Crippen molar-refractivity contribution in [2.24, 2.45) is 7.05 Å². The number of fused-ring (bicyclic) bond motifs is 2. The summed E-state index contributed by atoms with van der Waals surface area (Å²) in [7, 11) is 3.30. The molecule has 1 fully saturated rings. The average molecular weight is 751 g/mol. The van der Waals surface area contributed by atoms with Crippen LogP contribution in [-0.4, -0.2) is 56.7 Å². The summed E-state index contributed by atoms with van der Waals surface area (Å²) in [6.07, 6.45) is 3.42. The molecular weight excluding hydrogens is 708 g/mol. The maximum Gasteiger partial charge on any atom is 0.323 e. The Labute approximate surface area is 312 Å². The number of nitrogens with zero attached hydrogens (tertiary/aromatic N) is 3. The Morgan fingerprint density at radius 3 is 2.54 bits per heavy atom. The molecule has 4 aromatic rings. The molecule has 10 nitrogen and oxygen atoms in total. The van der Waals surface area contributed by atoms with Crippen LogP contribution in [0.1, 0.15) is 84.3 Å². The van der Waals surface area contributed by atoms with E-state index in [1.165, 1.54) is 7.11 Å². The van der Waals surface area contributed by atoms with Crippen LogP contribution in [0.4, 0.5) is 10.1 Å². The number of methoxy groups -OCH3 is 1. The molecule has 0 radical (unpaired) electrons. The van der Waals surface area contributed by atoms with Crippen LogP contribution in [0.5, 0.6) is 11.5 Å². The lowest BCUT2D eigenvalue weighted by Crippen LogP contribution is -2.56. The Bertz CT molecular complexity index is 2060. The predicted octanol–water partition coefficient (Wildman–Crippen LogP) is 7.72. The molecule has 3 N–H and O–H groups in total. The number of carboxylic acids is 1. The molecule has 7 rings (SSSR count). The number of hydrogen-bond donors (Lipinski definition) is 3. The van der Waals surface area contributed by atoms with Crippen LogP contribution in [0.3, 0.4) is 0 Å². The highest BCUT2D eigenvalue weighted by Gasteiger charge is 2.44. The smallest absolute Gasteiger partial charge is 0.323 e. The summed E-state index contributed by atoms with van der Waals surface area (Å²) in [5.41, 5.74) is 5.18. The van der Waals surface area contributed by atoms with E-state index in [1.54, 1.807) is 12.1 Å². The minimum atomic E-state index is -1.08. The van der Waals surface area contributed by atoms with Crippen molar-refractivity contribution in [3.8, 4) is 22.6 Å².